The first-order chi connectivity index (χ1) is 8.19. The second-order valence-electron chi connectivity index (χ2n) is 3.46. The molecule has 3 nitrogen and oxygen atoms in total. The van der Waals surface area contributed by atoms with E-state index in [1.807, 2.05) is 0 Å². The van der Waals surface area contributed by atoms with Crippen LogP contribution in [0.1, 0.15) is 15.9 Å². The Hall–Kier alpha value is -1.99. The fraction of sp³-hybridized carbons (Fsp3) is 0.0769. The van der Waals surface area contributed by atoms with Crippen molar-refractivity contribution >= 4 is 23.1 Å². The second-order valence-corrected chi connectivity index (χ2v) is 4.28. The van der Waals surface area contributed by atoms with Crippen LogP contribution in [-0.4, -0.2) is 17.1 Å². The maximum atomic E-state index is 11.7. The monoisotopic (exact) mass is 243 g/mol. The fourth-order valence-electron chi connectivity index (χ4n) is 1.74. The summed E-state index contributed by atoms with van der Waals surface area (Å²) >= 11 is 1.29. The van der Waals surface area contributed by atoms with E-state index in [0.29, 0.717) is 21.6 Å². The topological polar surface area (TPSA) is 61.1 Å². The molecular weight excluding hydrogens is 234 g/mol. The third-order valence-electron chi connectivity index (χ3n) is 2.53. The second kappa shape index (κ2) is 4.48. The molecule has 1 aromatic carbocycles. The molecule has 0 aliphatic heterocycles. The van der Waals surface area contributed by atoms with Gasteiger partial charge >= 0.3 is 0 Å². The van der Waals surface area contributed by atoms with Gasteiger partial charge in [-0.15, -0.1) is 11.8 Å². The number of aliphatic hydroxyl groups excluding tert-OH is 1. The van der Waals surface area contributed by atoms with Crippen LogP contribution < -0.4 is 0 Å². The summed E-state index contributed by atoms with van der Waals surface area (Å²) in [4.78, 5) is 12.2. The molecule has 0 saturated heterocycles. The lowest BCUT2D eigenvalue weighted by Crippen LogP contribution is -2.11. The average molecular weight is 243 g/mol. The Morgan fingerprint density at radius 3 is 2.59 bits per heavy atom. The molecule has 1 aliphatic rings. The highest BCUT2D eigenvalue weighted by Crippen LogP contribution is 2.33. The van der Waals surface area contributed by atoms with Crippen molar-refractivity contribution in [1.82, 2.24) is 0 Å². The van der Waals surface area contributed by atoms with Crippen LogP contribution >= 0.6 is 11.8 Å². The number of rotatable bonds is 1. The minimum atomic E-state index is -0.400. The zero-order valence-electron chi connectivity index (χ0n) is 9.10. The minimum absolute atomic E-state index is 0.319. The molecule has 0 atom stereocenters. The number of hydrogen-bond donors (Lipinski definition) is 1. The number of nitrogens with zero attached hydrogens (tertiary/aromatic N) is 1. The number of carbonyl (C=O) groups excluding carboxylic acids is 1. The molecule has 4 heteroatoms. The van der Waals surface area contributed by atoms with E-state index in [0.717, 1.165) is 0 Å². The molecule has 0 aromatic heterocycles. The first kappa shape index (κ1) is 11.5. The van der Waals surface area contributed by atoms with E-state index in [4.69, 9.17) is 5.26 Å². The van der Waals surface area contributed by atoms with Crippen molar-refractivity contribution in [2.45, 2.75) is 0 Å². The van der Waals surface area contributed by atoms with Crippen LogP contribution in [0.5, 0.6) is 0 Å². The van der Waals surface area contributed by atoms with Gasteiger partial charge < -0.3 is 5.11 Å². The summed E-state index contributed by atoms with van der Waals surface area (Å²) in [6.45, 7) is 0. The Morgan fingerprint density at radius 2 is 2.00 bits per heavy atom. The van der Waals surface area contributed by atoms with E-state index in [1.165, 1.54) is 17.8 Å². The zero-order valence-corrected chi connectivity index (χ0v) is 9.91. The molecule has 0 spiro atoms. The fourth-order valence-corrected chi connectivity index (χ4v) is 2.22. The van der Waals surface area contributed by atoms with Gasteiger partial charge in [0, 0.05) is 11.1 Å². The Bertz CT molecular complexity index is 594. The third-order valence-corrected chi connectivity index (χ3v) is 3.25. The van der Waals surface area contributed by atoms with Gasteiger partial charge in [0.15, 0.2) is 5.76 Å². The van der Waals surface area contributed by atoms with E-state index in [9.17, 15) is 9.90 Å². The number of Topliss-reactive ketones (excluding diaryl/α,β-unsaturated/α-hetero) is 1. The highest BCUT2D eigenvalue weighted by molar-refractivity contribution is 8.02. The Morgan fingerprint density at radius 1 is 1.35 bits per heavy atom. The molecule has 1 aliphatic carbocycles. The van der Waals surface area contributed by atoms with Crippen LogP contribution in [0.15, 0.2) is 41.0 Å². The highest BCUT2D eigenvalue weighted by Gasteiger charge is 2.24. The first-order valence-corrected chi connectivity index (χ1v) is 6.14. The summed E-state index contributed by atoms with van der Waals surface area (Å²) in [6.07, 6.45) is 3.15. The van der Waals surface area contributed by atoms with Crippen molar-refractivity contribution < 1.29 is 9.90 Å². The van der Waals surface area contributed by atoms with Crippen molar-refractivity contribution in [1.29, 1.82) is 5.26 Å². The van der Waals surface area contributed by atoms with Gasteiger partial charge in [-0.25, -0.2) is 0 Å². The standard InChI is InChI=1S/C13H9NO2S/c1-17-12(7-14)10-6-11(15)13(16)9-5-3-2-4-8(9)10/h2-6,15H,1H3/b12-10-. The summed E-state index contributed by atoms with van der Waals surface area (Å²) in [5, 5.41) is 18.6. The lowest BCUT2D eigenvalue weighted by molar-refractivity contribution is 0.0976. The normalized spacial score (nSPS) is 16.9. The lowest BCUT2D eigenvalue weighted by Gasteiger charge is -2.15. The van der Waals surface area contributed by atoms with Crippen molar-refractivity contribution in [3.05, 3.63) is 52.1 Å². The molecule has 0 saturated carbocycles. The molecule has 1 aromatic rings. The maximum Gasteiger partial charge on any atom is 0.227 e. The van der Waals surface area contributed by atoms with Crippen LogP contribution in [-0.2, 0) is 0 Å². The smallest absolute Gasteiger partial charge is 0.227 e. The summed E-state index contributed by atoms with van der Waals surface area (Å²) in [6, 6.07) is 9.04. The van der Waals surface area contributed by atoms with Crippen LogP contribution in [0.3, 0.4) is 0 Å². The lowest BCUT2D eigenvalue weighted by atomic mass is 9.90. The number of ketones is 1. The van der Waals surface area contributed by atoms with Gasteiger partial charge in [0.25, 0.3) is 0 Å². The van der Waals surface area contributed by atoms with Gasteiger partial charge in [-0.2, -0.15) is 5.26 Å². The average Bonchev–Trinajstić information content (AvgIpc) is 2.37. The van der Waals surface area contributed by atoms with Gasteiger partial charge in [-0.1, -0.05) is 24.3 Å². The number of carbonyl (C=O) groups is 1. The van der Waals surface area contributed by atoms with Gasteiger partial charge in [-0.05, 0) is 17.9 Å². The Labute approximate surface area is 103 Å². The summed E-state index contributed by atoms with van der Waals surface area (Å²) < 4.78 is 0. The molecule has 2 rings (SSSR count). The molecule has 17 heavy (non-hydrogen) atoms. The van der Waals surface area contributed by atoms with E-state index < -0.39 is 5.78 Å². The number of allylic oxidation sites excluding steroid dienone is 4. The molecule has 0 fully saturated rings. The molecule has 0 bridgehead atoms. The van der Waals surface area contributed by atoms with Crippen molar-refractivity contribution in [2.24, 2.45) is 0 Å². The number of fused-ring (bicyclic) bond motifs is 1. The van der Waals surface area contributed by atoms with Crippen LogP contribution in [0.2, 0.25) is 0 Å². The molecule has 84 valence electrons. The third kappa shape index (κ3) is 1.85. The first-order valence-electron chi connectivity index (χ1n) is 4.92. The minimum Gasteiger partial charge on any atom is -0.504 e. The summed E-state index contributed by atoms with van der Waals surface area (Å²) in [7, 11) is 0. The van der Waals surface area contributed by atoms with Crippen molar-refractivity contribution in [3.8, 4) is 6.07 Å². The van der Waals surface area contributed by atoms with Crippen molar-refractivity contribution in [3.63, 3.8) is 0 Å². The largest absolute Gasteiger partial charge is 0.504 e. The molecule has 0 unspecified atom stereocenters. The molecular formula is C13H9NO2S. The quantitative estimate of drug-likeness (QED) is 0.770. The van der Waals surface area contributed by atoms with Crippen LogP contribution in [0.25, 0.3) is 5.57 Å². The number of hydrogen-bond acceptors (Lipinski definition) is 4. The van der Waals surface area contributed by atoms with E-state index in [1.54, 1.807) is 30.5 Å². The zero-order chi connectivity index (χ0) is 12.4. The molecule has 0 heterocycles. The van der Waals surface area contributed by atoms with E-state index >= 15 is 0 Å². The maximum absolute atomic E-state index is 11.7. The number of benzene rings is 1. The predicted octanol–water partition coefficient (Wildman–Crippen LogP) is 2.92. The summed E-state index contributed by atoms with van der Waals surface area (Å²) in [5.74, 6) is -0.719. The Balaban J connectivity index is 2.76. The van der Waals surface area contributed by atoms with Gasteiger partial charge in [0.2, 0.25) is 5.78 Å². The van der Waals surface area contributed by atoms with Crippen LogP contribution in [0.4, 0.5) is 0 Å². The molecule has 0 radical (unpaired) electrons. The predicted molar refractivity (Wildman–Crippen MR) is 67.5 cm³/mol. The van der Waals surface area contributed by atoms with Crippen molar-refractivity contribution in [2.75, 3.05) is 6.26 Å². The Kier molecular flexibility index (Phi) is 3.03. The summed E-state index contributed by atoms with van der Waals surface area (Å²) in [5.41, 5.74) is 1.73. The highest BCUT2D eigenvalue weighted by atomic mass is 32.2. The van der Waals surface area contributed by atoms with Gasteiger partial charge in [-0.3, -0.25) is 4.79 Å². The molecule has 1 N–H and O–H groups in total. The van der Waals surface area contributed by atoms with Gasteiger partial charge in [0.1, 0.15) is 6.07 Å². The van der Waals surface area contributed by atoms with E-state index in [2.05, 4.69) is 6.07 Å². The van der Waals surface area contributed by atoms with Crippen LogP contribution in [0, 0.1) is 11.3 Å². The number of thioether (sulfide) groups is 1. The number of aliphatic hydroxyl groups is 1. The molecule has 0 amide bonds. The number of nitriles is 1. The van der Waals surface area contributed by atoms with Gasteiger partial charge in [0.05, 0.1) is 4.91 Å². The van der Waals surface area contributed by atoms with E-state index in [-0.39, 0.29) is 5.76 Å². The SMILES string of the molecule is CS/C(C#N)=C1/C=C(O)C(=O)c2ccccc21.